The van der Waals surface area contributed by atoms with E-state index in [0.29, 0.717) is 23.4 Å². The first-order valence-electron chi connectivity index (χ1n) is 7.70. The molecular weight excluding hydrogens is 220 g/mol. The molecule has 0 aliphatic rings. The Morgan fingerprint density at radius 2 is 1.50 bits per heavy atom. The summed E-state index contributed by atoms with van der Waals surface area (Å²) in [6, 6.07) is 1.21. The molecule has 18 heavy (non-hydrogen) atoms. The van der Waals surface area contributed by atoms with E-state index in [9.17, 15) is 0 Å². The van der Waals surface area contributed by atoms with Crippen LogP contribution in [-0.4, -0.2) is 30.1 Å². The first-order valence-corrected chi connectivity index (χ1v) is 7.70. The maximum absolute atomic E-state index is 6.06. The van der Waals surface area contributed by atoms with Crippen LogP contribution in [0.15, 0.2) is 0 Å². The first-order chi connectivity index (χ1) is 8.25. The lowest BCUT2D eigenvalue weighted by Crippen LogP contribution is -2.49. The van der Waals surface area contributed by atoms with Crippen LogP contribution in [0.4, 0.5) is 0 Å². The predicted molar refractivity (Wildman–Crippen MR) is 82.8 cm³/mol. The van der Waals surface area contributed by atoms with E-state index in [1.807, 2.05) is 0 Å². The molecule has 0 aromatic carbocycles. The van der Waals surface area contributed by atoms with Gasteiger partial charge in [-0.1, -0.05) is 48.5 Å². The Bertz CT molecular complexity index is 202. The van der Waals surface area contributed by atoms with Crippen LogP contribution in [0.1, 0.15) is 67.7 Å². The molecule has 0 aliphatic heterocycles. The summed E-state index contributed by atoms with van der Waals surface area (Å²) in [4.78, 5) is 2.68. The molecule has 0 bridgehead atoms. The Hall–Kier alpha value is -0.0800. The highest BCUT2D eigenvalue weighted by molar-refractivity contribution is 4.83. The van der Waals surface area contributed by atoms with Crippen molar-refractivity contribution in [3.8, 4) is 0 Å². The van der Waals surface area contributed by atoms with Crippen molar-refractivity contribution in [1.82, 2.24) is 4.90 Å². The van der Waals surface area contributed by atoms with Gasteiger partial charge in [0.15, 0.2) is 0 Å². The minimum absolute atomic E-state index is 0.352. The number of hydrogen-bond acceptors (Lipinski definition) is 2. The summed E-state index contributed by atoms with van der Waals surface area (Å²) in [7, 11) is 0. The Morgan fingerprint density at radius 3 is 1.78 bits per heavy atom. The molecule has 0 saturated heterocycles. The minimum Gasteiger partial charge on any atom is -0.329 e. The maximum atomic E-state index is 6.06. The average Bonchev–Trinajstić information content (AvgIpc) is 2.24. The quantitative estimate of drug-likeness (QED) is 0.714. The molecule has 2 N–H and O–H groups in total. The third-order valence-electron chi connectivity index (χ3n) is 3.58. The largest absolute Gasteiger partial charge is 0.329 e. The van der Waals surface area contributed by atoms with Crippen LogP contribution < -0.4 is 5.73 Å². The second-order valence-corrected chi connectivity index (χ2v) is 7.22. The maximum Gasteiger partial charge on any atom is 0.0226 e. The van der Waals surface area contributed by atoms with Crippen molar-refractivity contribution in [1.29, 1.82) is 0 Å². The van der Waals surface area contributed by atoms with E-state index in [0.717, 1.165) is 6.54 Å². The monoisotopic (exact) mass is 256 g/mol. The van der Waals surface area contributed by atoms with Gasteiger partial charge in [0, 0.05) is 25.2 Å². The summed E-state index contributed by atoms with van der Waals surface area (Å²) in [5, 5.41) is 0. The highest BCUT2D eigenvalue weighted by atomic mass is 15.2. The highest BCUT2D eigenvalue weighted by Crippen LogP contribution is 2.26. The zero-order valence-corrected chi connectivity index (χ0v) is 13.8. The van der Waals surface area contributed by atoms with E-state index in [4.69, 9.17) is 5.73 Å². The molecule has 2 nitrogen and oxygen atoms in total. The highest BCUT2D eigenvalue weighted by Gasteiger charge is 2.27. The molecule has 110 valence electrons. The van der Waals surface area contributed by atoms with Crippen LogP contribution in [0.5, 0.6) is 0 Å². The molecule has 0 saturated carbocycles. The molecule has 0 spiro atoms. The average molecular weight is 256 g/mol. The van der Waals surface area contributed by atoms with Gasteiger partial charge in [-0.25, -0.2) is 0 Å². The molecule has 0 aromatic rings. The molecule has 0 fully saturated rings. The summed E-state index contributed by atoms with van der Waals surface area (Å²) in [6.45, 7) is 18.1. The van der Waals surface area contributed by atoms with Crippen molar-refractivity contribution < 1.29 is 0 Å². The fourth-order valence-corrected chi connectivity index (χ4v) is 2.82. The molecule has 0 amide bonds. The topological polar surface area (TPSA) is 29.3 Å². The van der Waals surface area contributed by atoms with E-state index in [2.05, 4.69) is 53.4 Å². The lowest BCUT2D eigenvalue weighted by molar-refractivity contribution is 0.0855. The molecule has 0 aliphatic carbocycles. The van der Waals surface area contributed by atoms with Gasteiger partial charge in [0.05, 0.1) is 0 Å². The fourth-order valence-electron chi connectivity index (χ4n) is 2.82. The number of nitrogens with two attached hydrogens (primary N) is 1. The molecular formula is C16H36N2. The van der Waals surface area contributed by atoms with Crippen molar-refractivity contribution in [3.63, 3.8) is 0 Å². The number of nitrogens with zero attached hydrogens (tertiary/aromatic N) is 1. The van der Waals surface area contributed by atoms with E-state index in [-0.39, 0.29) is 0 Å². The van der Waals surface area contributed by atoms with Gasteiger partial charge in [0.25, 0.3) is 0 Å². The first kappa shape index (κ1) is 17.9. The molecule has 1 atom stereocenters. The van der Waals surface area contributed by atoms with Crippen LogP contribution >= 0.6 is 0 Å². The summed E-state index contributed by atoms with van der Waals surface area (Å²) in [6.07, 6.45) is 3.64. The predicted octanol–water partition coefficient (Wildman–Crippen LogP) is 3.90. The SMILES string of the molecule is CCC(CC)N(CC(C)C)C(CN)CC(C)(C)C. The van der Waals surface area contributed by atoms with Gasteiger partial charge in [-0.3, -0.25) is 4.90 Å². The van der Waals surface area contributed by atoms with Crippen molar-refractivity contribution in [2.45, 2.75) is 79.8 Å². The van der Waals surface area contributed by atoms with Gasteiger partial charge in [-0.2, -0.15) is 0 Å². The number of hydrogen-bond donors (Lipinski definition) is 1. The Morgan fingerprint density at radius 1 is 1.00 bits per heavy atom. The van der Waals surface area contributed by atoms with E-state index < -0.39 is 0 Å². The molecule has 0 aromatic heterocycles. The smallest absolute Gasteiger partial charge is 0.0226 e. The molecule has 2 heteroatoms. The summed E-state index contributed by atoms with van der Waals surface area (Å²) in [5.41, 5.74) is 6.41. The molecule has 0 heterocycles. The van der Waals surface area contributed by atoms with Crippen molar-refractivity contribution in [2.24, 2.45) is 17.1 Å². The van der Waals surface area contributed by atoms with Crippen LogP contribution in [-0.2, 0) is 0 Å². The van der Waals surface area contributed by atoms with Crippen molar-refractivity contribution in [2.75, 3.05) is 13.1 Å². The van der Waals surface area contributed by atoms with Crippen LogP contribution in [0, 0.1) is 11.3 Å². The normalized spacial score (nSPS) is 14.8. The van der Waals surface area contributed by atoms with E-state index in [1.54, 1.807) is 0 Å². The number of rotatable bonds is 8. The second kappa shape index (κ2) is 8.16. The van der Waals surface area contributed by atoms with Gasteiger partial charge < -0.3 is 5.73 Å². The summed E-state index contributed by atoms with van der Waals surface area (Å²) < 4.78 is 0. The van der Waals surface area contributed by atoms with Gasteiger partial charge >= 0.3 is 0 Å². The van der Waals surface area contributed by atoms with Crippen molar-refractivity contribution in [3.05, 3.63) is 0 Å². The van der Waals surface area contributed by atoms with E-state index in [1.165, 1.54) is 25.8 Å². The summed E-state index contributed by atoms with van der Waals surface area (Å²) >= 11 is 0. The van der Waals surface area contributed by atoms with Crippen LogP contribution in [0.3, 0.4) is 0 Å². The standard InChI is InChI=1S/C16H36N2/c1-8-14(9-2)18(12-13(3)4)15(11-17)10-16(5,6)7/h13-15H,8-12,17H2,1-7H3. The zero-order chi connectivity index (χ0) is 14.3. The second-order valence-electron chi connectivity index (χ2n) is 7.22. The van der Waals surface area contributed by atoms with Gasteiger partial charge in [-0.15, -0.1) is 0 Å². The lowest BCUT2D eigenvalue weighted by atomic mass is 9.86. The third kappa shape index (κ3) is 6.75. The Kier molecular flexibility index (Phi) is 8.13. The third-order valence-corrected chi connectivity index (χ3v) is 3.58. The Labute approximate surface area is 115 Å². The van der Waals surface area contributed by atoms with Gasteiger partial charge in [0.1, 0.15) is 0 Å². The molecule has 0 rings (SSSR count). The summed E-state index contributed by atoms with van der Waals surface area (Å²) in [5.74, 6) is 0.708. The molecule has 1 unspecified atom stereocenters. The Balaban J connectivity index is 4.87. The van der Waals surface area contributed by atoms with Crippen LogP contribution in [0.25, 0.3) is 0 Å². The van der Waals surface area contributed by atoms with Gasteiger partial charge in [0.2, 0.25) is 0 Å². The van der Waals surface area contributed by atoms with Crippen LogP contribution in [0.2, 0.25) is 0 Å². The zero-order valence-electron chi connectivity index (χ0n) is 13.8. The van der Waals surface area contributed by atoms with E-state index >= 15 is 0 Å². The minimum atomic E-state index is 0.352. The molecule has 0 radical (unpaired) electrons. The van der Waals surface area contributed by atoms with Crippen molar-refractivity contribution >= 4 is 0 Å². The van der Waals surface area contributed by atoms with Gasteiger partial charge in [-0.05, 0) is 30.6 Å². The lowest BCUT2D eigenvalue weighted by Gasteiger charge is -2.40. The fraction of sp³-hybridized carbons (Fsp3) is 1.00.